The van der Waals surface area contributed by atoms with E-state index in [0.29, 0.717) is 19.6 Å². The second kappa shape index (κ2) is 7.94. The number of anilines is 1. The summed E-state index contributed by atoms with van der Waals surface area (Å²) in [5.74, 6) is 0.0906. The highest BCUT2D eigenvalue weighted by atomic mass is 16.5. The second-order valence-electron chi connectivity index (χ2n) is 5.97. The molecule has 1 aliphatic heterocycles. The third-order valence-corrected chi connectivity index (χ3v) is 3.63. The Hall–Kier alpha value is -1.88. The largest absolute Gasteiger partial charge is 0.381 e. The van der Waals surface area contributed by atoms with Crippen LogP contribution < -0.4 is 10.6 Å². The van der Waals surface area contributed by atoms with Gasteiger partial charge in [0.15, 0.2) is 0 Å². The van der Waals surface area contributed by atoms with E-state index >= 15 is 0 Å². The molecule has 0 aliphatic carbocycles. The molecule has 1 aromatic carbocycles. The predicted octanol–water partition coefficient (Wildman–Crippen LogP) is 2.12. The summed E-state index contributed by atoms with van der Waals surface area (Å²) in [6.07, 6.45) is 1.91. The number of amides is 2. The highest BCUT2D eigenvalue weighted by molar-refractivity contribution is 5.92. The average molecular weight is 304 g/mol. The lowest BCUT2D eigenvalue weighted by Gasteiger charge is -2.21. The minimum absolute atomic E-state index is 0.00833. The zero-order chi connectivity index (χ0) is 15.9. The first kappa shape index (κ1) is 16.5. The fraction of sp³-hybridized carbons (Fsp3) is 0.529. The summed E-state index contributed by atoms with van der Waals surface area (Å²) in [7, 11) is 0. The van der Waals surface area contributed by atoms with E-state index in [9.17, 15) is 9.59 Å². The van der Waals surface area contributed by atoms with Crippen molar-refractivity contribution >= 4 is 17.5 Å². The van der Waals surface area contributed by atoms with Gasteiger partial charge >= 0.3 is 0 Å². The van der Waals surface area contributed by atoms with Crippen molar-refractivity contribution in [3.63, 3.8) is 0 Å². The van der Waals surface area contributed by atoms with Crippen LogP contribution in [0.15, 0.2) is 24.3 Å². The summed E-state index contributed by atoms with van der Waals surface area (Å²) in [6.45, 7) is 5.18. The van der Waals surface area contributed by atoms with Gasteiger partial charge in [0.25, 0.3) is 0 Å². The highest BCUT2D eigenvalue weighted by Crippen LogP contribution is 2.18. The molecule has 1 aliphatic rings. The number of ether oxygens (including phenoxy) is 1. The quantitative estimate of drug-likeness (QED) is 0.875. The van der Waals surface area contributed by atoms with Crippen LogP contribution >= 0.6 is 0 Å². The molecule has 0 saturated carbocycles. The van der Waals surface area contributed by atoms with Crippen molar-refractivity contribution in [3.8, 4) is 0 Å². The molecule has 1 fully saturated rings. The minimum atomic E-state index is 0.00833. The molecule has 0 spiro atoms. The van der Waals surface area contributed by atoms with Gasteiger partial charge in [0.2, 0.25) is 11.8 Å². The summed E-state index contributed by atoms with van der Waals surface area (Å²) in [5, 5.41) is 5.79. The maximum Gasteiger partial charge on any atom is 0.227 e. The van der Waals surface area contributed by atoms with Gasteiger partial charge in [-0.25, -0.2) is 0 Å². The minimum Gasteiger partial charge on any atom is -0.381 e. The second-order valence-corrected chi connectivity index (χ2v) is 5.97. The van der Waals surface area contributed by atoms with Gasteiger partial charge in [-0.15, -0.1) is 0 Å². The number of rotatable bonds is 5. The van der Waals surface area contributed by atoms with Crippen molar-refractivity contribution in [3.05, 3.63) is 29.8 Å². The van der Waals surface area contributed by atoms with Crippen LogP contribution in [0.25, 0.3) is 0 Å². The Morgan fingerprint density at radius 2 is 1.82 bits per heavy atom. The first-order valence-corrected chi connectivity index (χ1v) is 7.81. The maximum atomic E-state index is 12.1. The molecule has 0 atom stereocenters. The molecule has 1 saturated heterocycles. The van der Waals surface area contributed by atoms with Crippen LogP contribution in [0, 0.1) is 5.92 Å². The number of hydrogen-bond acceptors (Lipinski definition) is 3. The Labute approximate surface area is 131 Å². The third kappa shape index (κ3) is 5.15. The summed E-state index contributed by atoms with van der Waals surface area (Å²) in [4.78, 5) is 23.8. The standard InChI is InChI=1S/C17H24N2O3/c1-12(2)18-16(20)11-13-3-5-15(6-4-13)19-17(21)14-7-9-22-10-8-14/h3-6,12,14H,7-11H2,1-2H3,(H,18,20)(H,19,21). The molecule has 120 valence electrons. The van der Waals surface area contributed by atoms with Crippen LogP contribution in [0.1, 0.15) is 32.3 Å². The van der Waals surface area contributed by atoms with Crippen molar-refractivity contribution in [1.82, 2.24) is 5.32 Å². The third-order valence-electron chi connectivity index (χ3n) is 3.63. The van der Waals surface area contributed by atoms with Gasteiger partial charge in [0.05, 0.1) is 6.42 Å². The van der Waals surface area contributed by atoms with E-state index in [2.05, 4.69) is 10.6 Å². The molecule has 2 rings (SSSR count). The summed E-state index contributed by atoms with van der Waals surface area (Å²) < 4.78 is 5.26. The van der Waals surface area contributed by atoms with Gasteiger partial charge < -0.3 is 15.4 Å². The fourth-order valence-electron chi connectivity index (χ4n) is 2.47. The molecule has 0 unspecified atom stereocenters. The van der Waals surface area contributed by atoms with E-state index in [1.807, 2.05) is 38.1 Å². The molecule has 2 N–H and O–H groups in total. The van der Waals surface area contributed by atoms with Gasteiger partial charge in [-0.1, -0.05) is 12.1 Å². The number of nitrogens with one attached hydrogen (secondary N) is 2. The lowest BCUT2D eigenvalue weighted by atomic mass is 9.99. The smallest absolute Gasteiger partial charge is 0.227 e. The van der Waals surface area contributed by atoms with Crippen molar-refractivity contribution in [2.75, 3.05) is 18.5 Å². The molecule has 5 heteroatoms. The Kier molecular flexibility index (Phi) is 5.95. The zero-order valence-corrected chi connectivity index (χ0v) is 13.2. The van der Waals surface area contributed by atoms with E-state index in [1.54, 1.807) is 0 Å². The predicted molar refractivity (Wildman–Crippen MR) is 85.6 cm³/mol. The summed E-state index contributed by atoms with van der Waals surface area (Å²) in [5.41, 5.74) is 1.70. The SMILES string of the molecule is CC(C)NC(=O)Cc1ccc(NC(=O)C2CCOCC2)cc1. The topological polar surface area (TPSA) is 67.4 Å². The highest BCUT2D eigenvalue weighted by Gasteiger charge is 2.21. The molecule has 2 amide bonds. The van der Waals surface area contributed by atoms with Crippen LogP contribution in [0.5, 0.6) is 0 Å². The average Bonchev–Trinajstić information content (AvgIpc) is 2.49. The Bertz CT molecular complexity index is 505. The van der Waals surface area contributed by atoms with Gasteiger partial charge in [-0.2, -0.15) is 0 Å². The molecule has 1 heterocycles. The van der Waals surface area contributed by atoms with Crippen molar-refractivity contribution in [1.29, 1.82) is 0 Å². The molecular formula is C17H24N2O3. The monoisotopic (exact) mass is 304 g/mol. The molecule has 0 radical (unpaired) electrons. The normalized spacial score (nSPS) is 15.6. The lowest BCUT2D eigenvalue weighted by Crippen LogP contribution is -2.31. The number of benzene rings is 1. The van der Waals surface area contributed by atoms with Crippen LogP contribution in [-0.4, -0.2) is 31.1 Å². The van der Waals surface area contributed by atoms with Gasteiger partial charge in [0, 0.05) is 30.9 Å². The molecule has 0 aromatic heterocycles. The zero-order valence-electron chi connectivity index (χ0n) is 13.2. The molecular weight excluding hydrogens is 280 g/mol. The molecule has 1 aromatic rings. The van der Waals surface area contributed by atoms with Crippen LogP contribution in [0.2, 0.25) is 0 Å². The van der Waals surface area contributed by atoms with Crippen molar-refractivity contribution in [2.45, 2.75) is 39.2 Å². The first-order chi connectivity index (χ1) is 10.5. The summed E-state index contributed by atoms with van der Waals surface area (Å²) in [6, 6.07) is 7.58. The van der Waals surface area contributed by atoms with E-state index in [0.717, 1.165) is 24.1 Å². The van der Waals surface area contributed by atoms with Gasteiger partial charge in [-0.3, -0.25) is 9.59 Å². The fourth-order valence-corrected chi connectivity index (χ4v) is 2.47. The lowest BCUT2D eigenvalue weighted by molar-refractivity contribution is -0.122. The molecule has 0 bridgehead atoms. The van der Waals surface area contributed by atoms with E-state index < -0.39 is 0 Å². The molecule has 5 nitrogen and oxygen atoms in total. The van der Waals surface area contributed by atoms with Gasteiger partial charge in [-0.05, 0) is 44.4 Å². The van der Waals surface area contributed by atoms with Crippen LogP contribution in [-0.2, 0) is 20.7 Å². The maximum absolute atomic E-state index is 12.1. The van der Waals surface area contributed by atoms with Crippen LogP contribution in [0.4, 0.5) is 5.69 Å². The Balaban J connectivity index is 1.86. The first-order valence-electron chi connectivity index (χ1n) is 7.81. The summed E-state index contributed by atoms with van der Waals surface area (Å²) >= 11 is 0. The number of carbonyl (C=O) groups is 2. The van der Waals surface area contributed by atoms with Crippen molar-refractivity contribution in [2.24, 2.45) is 5.92 Å². The molecule has 22 heavy (non-hydrogen) atoms. The Morgan fingerprint density at radius 3 is 2.41 bits per heavy atom. The van der Waals surface area contributed by atoms with Crippen molar-refractivity contribution < 1.29 is 14.3 Å². The Morgan fingerprint density at radius 1 is 1.18 bits per heavy atom. The number of carbonyl (C=O) groups excluding carboxylic acids is 2. The van der Waals surface area contributed by atoms with E-state index in [1.165, 1.54) is 0 Å². The number of hydrogen-bond donors (Lipinski definition) is 2. The van der Waals surface area contributed by atoms with Gasteiger partial charge in [0.1, 0.15) is 0 Å². The van der Waals surface area contributed by atoms with Crippen LogP contribution in [0.3, 0.4) is 0 Å². The van der Waals surface area contributed by atoms with E-state index in [-0.39, 0.29) is 23.8 Å². The van der Waals surface area contributed by atoms with E-state index in [4.69, 9.17) is 4.74 Å².